The van der Waals surface area contributed by atoms with Crippen molar-refractivity contribution in [3.8, 4) is 0 Å². The molecule has 1 aromatic carbocycles. The van der Waals surface area contributed by atoms with Crippen molar-refractivity contribution in [2.24, 2.45) is 7.05 Å². The van der Waals surface area contributed by atoms with Crippen LogP contribution in [0.2, 0.25) is 5.15 Å². The van der Waals surface area contributed by atoms with Crippen molar-refractivity contribution in [3.63, 3.8) is 0 Å². The number of hydrogen-bond acceptors (Lipinski definition) is 4. The first kappa shape index (κ1) is 18.7. The lowest BCUT2D eigenvalue weighted by Gasteiger charge is -2.13. The second-order valence-corrected chi connectivity index (χ2v) is 5.91. The number of halogens is 1. The molecule has 0 fully saturated rings. The Morgan fingerprint density at radius 2 is 2.04 bits per heavy atom. The number of aromatic nitrogens is 2. The van der Waals surface area contributed by atoms with Gasteiger partial charge in [0.15, 0.2) is 6.61 Å². The molecule has 0 aliphatic carbocycles. The summed E-state index contributed by atoms with van der Waals surface area (Å²) in [7, 11) is 1.71. The predicted octanol–water partition coefficient (Wildman–Crippen LogP) is 2.82. The van der Waals surface area contributed by atoms with E-state index in [4.69, 9.17) is 16.3 Å². The lowest BCUT2D eigenvalue weighted by Crippen LogP contribution is -2.30. The third-order valence-electron chi connectivity index (χ3n) is 3.60. The lowest BCUT2D eigenvalue weighted by molar-refractivity contribution is -0.144. The van der Waals surface area contributed by atoms with E-state index in [1.165, 1.54) is 16.8 Å². The van der Waals surface area contributed by atoms with Gasteiger partial charge in [-0.1, -0.05) is 41.9 Å². The third-order valence-corrected chi connectivity index (χ3v) is 4.05. The molecule has 25 heavy (non-hydrogen) atoms. The third kappa shape index (κ3) is 5.19. The number of nitrogens with one attached hydrogen (secondary N) is 1. The monoisotopic (exact) mass is 361 g/mol. The molecule has 0 aliphatic heterocycles. The van der Waals surface area contributed by atoms with E-state index in [9.17, 15) is 9.59 Å². The zero-order valence-electron chi connectivity index (χ0n) is 14.3. The normalized spacial score (nSPS) is 12.2. The van der Waals surface area contributed by atoms with Crippen molar-refractivity contribution in [2.45, 2.75) is 19.9 Å². The first-order valence-electron chi connectivity index (χ1n) is 7.76. The number of carbonyl (C=O) groups excluding carboxylic acids is 2. The zero-order valence-corrected chi connectivity index (χ0v) is 15.1. The molecule has 7 heteroatoms. The van der Waals surface area contributed by atoms with Crippen LogP contribution in [0, 0.1) is 6.92 Å². The molecular formula is C18H20ClN3O3. The molecule has 1 unspecified atom stereocenters. The van der Waals surface area contributed by atoms with Crippen LogP contribution in [0.4, 0.5) is 0 Å². The first-order chi connectivity index (χ1) is 11.9. The number of rotatable bonds is 6. The van der Waals surface area contributed by atoms with Crippen LogP contribution in [0.3, 0.4) is 0 Å². The highest BCUT2D eigenvalue weighted by Gasteiger charge is 2.12. The largest absolute Gasteiger partial charge is 0.452 e. The van der Waals surface area contributed by atoms with E-state index in [-0.39, 0.29) is 18.6 Å². The molecule has 0 bridgehead atoms. The minimum absolute atomic E-state index is 0.167. The molecule has 132 valence electrons. The number of nitrogens with zero attached hydrogens (tertiary/aromatic N) is 2. The number of ether oxygens (including phenoxy) is 1. The van der Waals surface area contributed by atoms with Gasteiger partial charge in [-0.3, -0.25) is 9.48 Å². The summed E-state index contributed by atoms with van der Waals surface area (Å²) < 4.78 is 6.45. The maximum atomic E-state index is 11.9. The average Bonchev–Trinajstić information content (AvgIpc) is 2.84. The summed E-state index contributed by atoms with van der Waals surface area (Å²) in [5.74, 6) is -0.990. The highest BCUT2D eigenvalue weighted by Crippen LogP contribution is 2.19. The second-order valence-electron chi connectivity index (χ2n) is 5.55. The van der Waals surface area contributed by atoms with Gasteiger partial charge in [-0.15, -0.1) is 0 Å². The van der Waals surface area contributed by atoms with Gasteiger partial charge in [-0.2, -0.15) is 5.10 Å². The minimum Gasteiger partial charge on any atom is -0.452 e. The van der Waals surface area contributed by atoms with Gasteiger partial charge >= 0.3 is 5.97 Å². The van der Waals surface area contributed by atoms with Crippen LogP contribution < -0.4 is 5.32 Å². The maximum Gasteiger partial charge on any atom is 0.331 e. The van der Waals surface area contributed by atoms with Crippen molar-refractivity contribution in [2.75, 3.05) is 6.61 Å². The van der Waals surface area contributed by atoms with Gasteiger partial charge in [0.2, 0.25) is 0 Å². The van der Waals surface area contributed by atoms with E-state index in [2.05, 4.69) is 10.4 Å². The van der Waals surface area contributed by atoms with Gasteiger partial charge in [0, 0.05) is 18.7 Å². The Labute approximate surface area is 151 Å². The number of amides is 1. The molecule has 0 aliphatic rings. The first-order valence-corrected chi connectivity index (χ1v) is 8.14. The Morgan fingerprint density at radius 1 is 1.36 bits per heavy atom. The molecule has 0 saturated heterocycles. The minimum atomic E-state index is -0.623. The molecule has 1 aromatic heterocycles. The quantitative estimate of drug-likeness (QED) is 0.634. The molecule has 1 amide bonds. The Hall–Kier alpha value is -2.60. The van der Waals surface area contributed by atoms with Crippen molar-refractivity contribution in [3.05, 3.63) is 58.4 Å². The molecule has 0 saturated carbocycles. The van der Waals surface area contributed by atoms with Crippen LogP contribution in [0.5, 0.6) is 0 Å². The standard InChI is InChI=1S/C18H20ClN3O3/c1-12(14-7-5-4-6-8-14)20-16(23)11-25-17(24)10-9-15-13(2)21-22(3)18(15)19/h4-10,12H,11H2,1-3H3,(H,20,23)/b10-9+. The molecule has 2 rings (SSSR count). The number of benzene rings is 1. The summed E-state index contributed by atoms with van der Waals surface area (Å²) in [5.41, 5.74) is 2.32. The summed E-state index contributed by atoms with van der Waals surface area (Å²) in [6.45, 7) is 3.30. The summed E-state index contributed by atoms with van der Waals surface area (Å²) in [5, 5.41) is 7.34. The van der Waals surface area contributed by atoms with Gasteiger partial charge in [0.25, 0.3) is 5.91 Å². The molecular weight excluding hydrogens is 342 g/mol. The van der Waals surface area contributed by atoms with E-state index in [0.717, 1.165) is 5.56 Å². The average molecular weight is 362 g/mol. The molecule has 1 atom stereocenters. The lowest BCUT2D eigenvalue weighted by atomic mass is 10.1. The van der Waals surface area contributed by atoms with Crippen LogP contribution in [0.1, 0.15) is 29.8 Å². The number of aryl methyl sites for hydroxylation is 2. The smallest absolute Gasteiger partial charge is 0.331 e. The molecule has 2 aromatic rings. The fourth-order valence-electron chi connectivity index (χ4n) is 2.28. The number of esters is 1. The number of hydrogen-bond donors (Lipinski definition) is 1. The van der Waals surface area contributed by atoms with E-state index in [1.54, 1.807) is 14.0 Å². The summed E-state index contributed by atoms with van der Waals surface area (Å²) in [6, 6.07) is 9.37. The number of carbonyl (C=O) groups is 2. The van der Waals surface area contributed by atoms with E-state index in [0.29, 0.717) is 16.4 Å². The van der Waals surface area contributed by atoms with Gasteiger partial charge in [0.1, 0.15) is 5.15 Å². The fourth-order valence-corrected chi connectivity index (χ4v) is 2.52. The Bertz CT molecular complexity index is 784. The van der Waals surface area contributed by atoms with E-state index >= 15 is 0 Å². The van der Waals surface area contributed by atoms with Crippen LogP contribution in [0.15, 0.2) is 36.4 Å². The predicted molar refractivity (Wildman–Crippen MR) is 95.9 cm³/mol. The van der Waals surface area contributed by atoms with Crippen LogP contribution in [-0.2, 0) is 21.4 Å². The molecule has 0 spiro atoms. The van der Waals surface area contributed by atoms with Crippen molar-refractivity contribution >= 4 is 29.6 Å². The second kappa shape index (κ2) is 8.48. The highest BCUT2D eigenvalue weighted by atomic mass is 35.5. The summed E-state index contributed by atoms with van der Waals surface area (Å²) in [6.07, 6.45) is 2.75. The van der Waals surface area contributed by atoms with Gasteiger partial charge in [0.05, 0.1) is 11.7 Å². The fraction of sp³-hybridized carbons (Fsp3) is 0.278. The summed E-state index contributed by atoms with van der Waals surface area (Å²) >= 11 is 6.07. The molecule has 1 heterocycles. The molecule has 0 radical (unpaired) electrons. The van der Waals surface area contributed by atoms with Gasteiger partial charge in [-0.25, -0.2) is 4.79 Å². The molecule has 1 N–H and O–H groups in total. The van der Waals surface area contributed by atoms with Crippen LogP contribution in [-0.4, -0.2) is 28.3 Å². The highest BCUT2D eigenvalue weighted by molar-refractivity contribution is 6.31. The Balaban J connectivity index is 1.83. The molecule has 6 nitrogen and oxygen atoms in total. The SMILES string of the molecule is Cc1nn(C)c(Cl)c1/C=C/C(=O)OCC(=O)NC(C)c1ccccc1. The topological polar surface area (TPSA) is 73.2 Å². The van der Waals surface area contributed by atoms with E-state index in [1.807, 2.05) is 37.3 Å². The van der Waals surface area contributed by atoms with Crippen molar-refractivity contribution in [1.82, 2.24) is 15.1 Å². The van der Waals surface area contributed by atoms with Gasteiger partial charge in [-0.05, 0) is 25.5 Å². The van der Waals surface area contributed by atoms with Gasteiger partial charge < -0.3 is 10.1 Å². The zero-order chi connectivity index (χ0) is 18.4. The maximum absolute atomic E-state index is 11.9. The van der Waals surface area contributed by atoms with Crippen molar-refractivity contribution < 1.29 is 14.3 Å². The van der Waals surface area contributed by atoms with E-state index < -0.39 is 5.97 Å². The van der Waals surface area contributed by atoms with Crippen LogP contribution >= 0.6 is 11.6 Å². The summed E-state index contributed by atoms with van der Waals surface area (Å²) in [4.78, 5) is 23.6. The van der Waals surface area contributed by atoms with Crippen molar-refractivity contribution in [1.29, 1.82) is 0 Å². The Morgan fingerprint density at radius 3 is 2.64 bits per heavy atom. The Kier molecular flexibility index (Phi) is 6.36. The van der Waals surface area contributed by atoms with Crippen LogP contribution in [0.25, 0.3) is 6.08 Å².